The van der Waals surface area contributed by atoms with Crippen LogP contribution in [-0.4, -0.2) is 30.5 Å². The number of nitro groups is 1. The lowest BCUT2D eigenvalue weighted by atomic mass is 10.0. The zero-order valence-electron chi connectivity index (χ0n) is 12.1. The van der Waals surface area contributed by atoms with Crippen molar-refractivity contribution in [3.05, 3.63) is 39.3 Å². The largest absolute Gasteiger partial charge is 0.493 e. The van der Waals surface area contributed by atoms with Crippen LogP contribution in [0.15, 0.2) is 34.3 Å². The molecule has 0 aliphatic rings. The van der Waals surface area contributed by atoms with Crippen molar-refractivity contribution in [2.75, 3.05) is 7.05 Å². The number of aromatic nitrogens is 1. The molecule has 1 aromatic heterocycles. The van der Waals surface area contributed by atoms with Crippen LogP contribution in [0.1, 0.15) is 0 Å². The summed E-state index contributed by atoms with van der Waals surface area (Å²) < 4.78 is 26.5. The van der Waals surface area contributed by atoms with Crippen LogP contribution in [0.2, 0.25) is 0 Å². The third-order valence-corrected chi connectivity index (χ3v) is 5.13. The summed E-state index contributed by atoms with van der Waals surface area (Å²) in [6.45, 7) is 0. The first-order chi connectivity index (χ1) is 11.3. The highest BCUT2D eigenvalue weighted by Crippen LogP contribution is 2.43. The SMILES string of the molecule is CNS(=O)(=O)c1cccc2c1c([N+](=O)[O-])cc1c(N=O)c(O)[nH]c12. The molecule has 24 heavy (non-hydrogen) atoms. The lowest BCUT2D eigenvalue weighted by molar-refractivity contribution is -0.383. The molecule has 0 saturated heterocycles. The van der Waals surface area contributed by atoms with Gasteiger partial charge in [-0.25, -0.2) is 13.1 Å². The van der Waals surface area contributed by atoms with Gasteiger partial charge >= 0.3 is 0 Å². The molecule has 0 fully saturated rings. The van der Waals surface area contributed by atoms with Crippen LogP contribution in [0.3, 0.4) is 0 Å². The summed E-state index contributed by atoms with van der Waals surface area (Å²) in [5.74, 6) is -0.552. The smallest absolute Gasteiger partial charge is 0.279 e. The van der Waals surface area contributed by atoms with Crippen LogP contribution in [0.25, 0.3) is 21.7 Å². The van der Waals surface area contributed by atoms with Gasteiger partial charge in [-0.15, -0.1) is 4.91 Å². The third-order valence-electron chi connectivity index (χ3n) is 3.67. The van der Waals surface area contributed by atoms with E-state index in [-0.39, 0.29) is 32.3 Å². The van der Waals surface area contributed by atoms with Crippen molar-refractivity contribution in [1.29, 1.82) is 0 Å². The Morgan fingerprint density at radius 3 is 2.62 bits per heavy atom. The number of nitroso groups, excluding NO2 is 1. The molecule has 0 saturated carbocycles. The molecule has 0 spiro atoms. The van der Waals surface area contributed by atoms with E-state index >= 15 is 0 Å². The number of nitrogens with zero attached hydrogens (tertiary/aromatic N) is 2. The number of H-pyrrole nitrogens is 1. The van der Waals surface area contributed by atoms with E-state index in [1.165, 1.54) is 25.2 Å². The fourth-order valence-corrected chi connectivity index (χ4v) is 3.59. The fourth-order valence-electron chi connectivity index (χ4n) is 2.63. The Morgan fingerprint density at radius 1 is 1.33 bits per heavy atom. The fraction of sp³-hybridized carbons (Fsp3) is 0.0769. The van der Waals surface area contributed by atoms with E-state index in [0.29, 0.717) is 0 Å². The summed E-state index contributed by atoms with van der Waals surface area (Å²) >= 11 is 0. The zero-order valence-corrected chi connectivity index (χ0v) is 12.9. The van der Waals surface area contributed by atoms with Crippen LogP contribution in [0.5, 0.6) is 5.88 Å². The standard InChI is InChI=1S/C13H10N4O6S/c1-14-24(22,23)9-4-2-3-6-10(9)8(17(20)21)5-7-11(6)15-13(18)12(7)16-19/h2-5,14-15,18H,1H3. The maximum Gasteiger partial charge on any atom is 0.279 e. The number of nitro benzene ring substituents is 1. The summed E-state index contributed by atoms with van der Waals surface area (Å²) in [6, 6.07) is 5.10. The molecule has 0 aliphatic carbocycles. The van der Waals surface area contributed by atoms with Crippen LogP contribution in [-0.2, 0) is 10.0 Å². The minimum absolute atomic E-state index is 0.0284. The van der Waals surface area contributed by atoms with Gasteiger partial charge in [-0.1, -0.05) is 12.1 Å². The Morgan fingerprint density at radius 2 is 2.04 bits per heavy atom. The normalized spacial score (nSPS) is 11.9. The molecule has 0 radical (unpaired) electrons. The number of aromatic amines is 1. The highest BCUT2D eigenvalue weighted by Gasteiger charge is 2.27. The number of sulfonamides is 1. The Kier molecular flexibility index (Phi) is 3.46. The van der Waals surface area contributed by atoms with Gasteiger partial charge in [0.15, 0.2) is 5.69 Å². The molecule has 0 amide bonds. The highest BCUT2D eigenvalue weighted by atomic mass is 32.2. The Bertz CT molecular complexity index is 1120. The van der Waals surface area contributed by atoms with Gasteiger partial charge in [0, 0.05) is 16.8 Å². The summed E-state index contributed by atoms with van der Waals surface area (Å²) in [6.07, 6.45) is 0. The molecule has 3 rings (SSSR count). The topological polar surface area (TPSA) is 155 Å². The van der Waals surface area contributed by atoms with Crippen molar-refractivity contribution in [1.82, 2.24) is 9.71 Å². The molecule has 0 unspecified atom stereocenters. The molecule has 3 N–H and O–H groups in total. The summed E-state index contributed by atoms with van der Waals surface area (Å²) in [5, 5.41) is 23.9. The Hall–Kier alpha value is -3.05. The molecule has 2 aromatic carbocycles. The predicted molar refractivity (Wildman–Crippen MR) is 85.8 cm³/mol. The number of benzene rings is 2. The second-order valence-corrected chi connectivity index (χ2v) is 6.73. The third kappa shape index (κ3) is 2.10. The van der Waals surface area contributed by atoms with E-state index in [1.807, 2.05) is 0 Å². The van der Waals surface area contributed by atoms with Crippen molar-refractivity contribution in [2.45, 2.75) is 4.90 Å². The summed E-state index contributed by atoms with van der Waals surface area (Å²) in [5.41, 5.74) is -0.719. The van der Waals surface area contributed by atoms with Gasteiger partial charge in [-0.05, 0) is 18.3 Å². The number of hydrogen-bond acceptors (Lipinski definition) is 7. The first kappa shape index (κ1) is 15.8. The molecular weight excluding hydrogens is 340 g/mol. The van der Waals surface area contributed by atoms with Crippen molar-refractivity contribution in [3.63, 3.8) is 0 Å². The van der Waals surface area contributed by atoms with Gasteiger partial charge in [0.2, 0.25) is 15.9 Å². The second-order valence-electron chi connectivity index (χ2n) is 4.88. The van der Waals surface area contributed by atoms with E-state index in [9.17, 15) is 28.5 Å². The molecular formula is C13H10N4O6S. The molecule has 10 nitrogen and oxygen atoms in total. The van der Waals surface area contributed by atoms with Crippen molar-refractivity contribution in [2.24, 2.45) is 5.18 Å². The van der Waals surface area contributed by atoms with Gasteiger partial charge in [-0.2, -0.15) is 0 Å². The number of hydrogen-bond donors (Lipinski definition) is 3. The maximum absolute atomic E-state index is 12.2. The van der Waals surface area contributed by atoms with Gasteiger partial charge < -0.3 is 10.1 Å². The Balaban J connectivity index is 2.64. The zero-order chi connectivity index (χ0) is 17.6. The van der Waals surface area contributed by atoms with Gasteiger partial charge in [0.05, 0.1) is 20.7 Å². The first-order valence-electron chi connectivity index (χ1n) is 6.53. The van der Waals surface area contributed by atoms with Gasteiger partial charge in [0.25, 0.3) is 5.69 Å². The molecule has 0 aliphatic heterocycles. The lowest BCUT2D eigenvalue weighted by Crippen LogP contribution is -2.19. The molecule has 1 heterocycles. The highest BCUT2D eigenvalue weighted by molar-refractivity contribution is 7.89. The van der Waals surface area contributed by atoms with E-state index < -0.39 is 26.5 Å². The maximum atomic E-state index is 12.2. The molecule has 11 heteroatoms. The number of rotatable bonds is 4. The minimum atomic E-state index is -3.97. The lowest BCUT2D eigenvalue weighted by Gasteiger charge is -2.08. The monoisotopic (exact) mass is 350 g/mol. The van der Waals surface area contributed by atoms with Gasteiger partial charge in [0.1, 0.15) is 0 Å². The minimum Gasteiger partial charge on any atom is -0.493 e. The van der Waals surface area contributed by atoms with E-state index in [1.54, 1.807) is 0 Å². The molecule has 3 aromatic rings. The van der Waals surface area contributed by atoms with Crippen molar-refractivity contribution < 1.29 is 18.4 Å². The molecule has 0 atom stereocenters. The predicted octanol–water partition coefficient (Wildman–Crippen LogP) is 2.24. The average Bonchev–Trinajstić information content (AvgIpc) is 2.88. The average molecular weight is 350 g/mol. The first-order valence-corrected chi connectivity index (χ1v) is 8.01. The number of fused-ring (bicyclic) bond motifs is 3. The van der Waals surface area contributed by atoms with Crippen LogP contribution in [0, 0.1) is 15.0 Å². The summed E-state index contributed by atoms with van der Waals surface area (Å²) in [7, 11) is -2.79. The number of aromatic hydroxyl groups is 1. The van der Waals surface area contributed by atoms with Crippen LogP contribution >= 0.6 is 0 Å². The molecule has 0 bridgehead atoms. The number of non-ortho nitro benzene ring substituents is 1. The van der Waals surface area contributed by atoms with E-state index in [2.05, 4.69) is 14.9 Å². The van der Waals surface area contributed by atoms with Gasteiger partial charge in [-0.3, -0.25) is 10.1 Å². The van der Waals surface area contributed by atoms with Crippen molar-refractivity contribution in [3.8, 4) is 5.88 Å². The van der Waals surface area contributed by atoms with Crippen molar-refractivity contribution >= 4 is 43.1 Å². The quantitative estimate of drug-likeness (QED) is 0.372. The second kappa shape index (κ2) is 5.25. The molecule has 124 valence electrons. The van der Waals surface area contributed by atoms with E-state index in [4.69, 9.17) is 0 Å². The van der Waals surface area contributed by atoms with Crippen LogP contribution < -0.4 is 4.72 Å². The summed E-state index contributed by atoms with van der Waals surface area (Å²) in [4.78, 5) is 23.8. The van der Waals surface area contributed by atoms with Crippen LogP contribution in [0.4, 0.5) is 11.4 Å². The number of nitrogens with one attached hydrogen (secondary N) is 2. The van der Waals surface area contributed by atoms with E-state index in [0.717, 1.165) is 6.07 Å². The Labute approximate surface area is 134 Å².